The van der Waals surface area contributed by atoms with Gasteiger partial charge in [0.05, 0.1) is 0 Å². The summed E-state index contributed by atoms with van der Waals surface area (Å²) in [6, 6.07) is 14.0. The number of nitrogens with one attached hydrogen (secondary N) is 1. The number of carbonyl (C=O) groups excluding carboxylic acids is 1. The molecular formula is C20H15F4N3O. The summed E-state index contributed by atoms with van der Waals surface area (Å²) in [7, 11) is 0. The summed E-state index contributed by atoms with van der Waals surface area (Å²) in [5.74, 6) is -2.57. The lowest BCUT2D eigenvalue weighted by atomic mass is 9.93. The monoisotopic (exact) mass is 389 g/mol. The fourth-order valence-electron chi connectivity index (χ4n) is 2.67. The van der Waals surface area contributed by atoms with Gasteiger partial charge in [0, 0.05) is 30.4 Å². The van der Waals surface area contributed by atoms with Gasteiger partial charge in [0.2, 0.25) is 5.82 Å². The second-order valence-electron chi connectivity index (χ2n) is 6.02. The molecule has 8 heteroatoms. The Morgan fingerprint density at radius 3 is 2.11 bits per heavy atom. The molecule has 4 nitrogen and oxygen atoms in total. The van der Waals surface area contributed by atoms with Crippen LogP contribution < -0.4 is 5.32 Å². The quantitative estimate of drug-likeness (QED) is 0.666. The SMILES string of the molecule is O=C(NCC(c1ccc(F)cc1)c1cnc(C(F)(F)F)nc1)c1ccccc1. The third-order valence-corrected chi connectivity index (χ3v) is 4.10. The molecule has 1 unspecified atom stereocenters. The smallest absolute Gasteiger partial charge is 0.351 e. The number of benzene rings is 2. The van der Waals surface area contributed by atoms with Gasteiger partial charge in [0.1, 0.15) is 5.82 Å². The summed E-state index contributed by atoms with van der Waals surface area (Å²) in [6.07, 6.45) is -2.51. The highest BCUT2D eigenvalue weighted by Gasteiger charge is 2.34. The van der Waals surface area contributed by atoms with Crippen molar-refractivity contribution in [1.29, 1.82) is 0 Å². The molecule has 1 N–H and O–H groups in total. The van der Waals surface area contributed by atoms with Crippen LogP contribution >= 0.6 is 0 Å². The van der Waals surface area contributed by atoms with E-state index in [-0.39, 0.29) is 12.5 Å². The van der Waals surface area contributed by atoms with Crippen LogP contribution in [0.3, 0.4) is 0 Å². The van der Waals surface area contributed by atoms with Crippen molar-refractivity contribution in [2.45, 2.75) is 12.1 Å². The van der Waals surface area contributed by atoms with Gasteiger partial charge in [-0.15, -0.1) is 0 Å². The van der Waals surface area contributed by atoms with Crippen molar-refractivity contribution in [3.63, 3.8) is 0 Å². The van der Waals surface area contributed by atoms with E-state index in [1.165, 1.54) is 24.3 Å². The van der Waals surface area contributed by atoms with Crippen molar-refractivity contribution < 1.29 is 22.4 Å². The van der Waals surface area contributed by atoms with E-state index in [1.807, 2.05) is 0 Å². The summed E-state index contributed by atoms with van der Waals surface area (Å²) in [5.41, 5.74) is 1.43. The first-order valence-electron chi connectivity index (χ1n) is 8.32. The average Bonchev–Trinajstić information content (AvgIpc) is 2.69. The van der Waals surface area contributed by atoms with E-state index in [2.05, 4.69) is 15.3 Å². The van der Waals surface area contributed by atoms with Gasteiger partial charge in [-0.25, -0.2) is 14.4 Å². The summed E-state index contributed by atoms with van der Waals surface area (Å²) in [5, 5.41) is 2.75. The van der Waals surface area contributed by atoms with E-state index in [9.17, 15) is 22.4 Å². The molecule has 0 fully saturated rings. The van der Waals surface area contributed by atoms with Gasteiger partial charge in [0.25, 0.3) is 5.91 Å². The zero-order valence-corrected chi connectivity index (χ0v) is 14.4. The van der Waals surface area contributed by atoms with Crippen LogP contribution in [-0.4, -0.2) is 22.4 Å². The van der Waals surface area contributed by atoms with Crippen LogP contribution in [0.15, 0.2) is 67.0 Å². The number of alkyl halides is 3. The summed E-state index contributed by atoms with van der Waals surface area (Å²) < 4.78 is 51.4. The lowest BCUT2D eigenvalue weighted by Crippen LogP contribution is -2.29. The first-order chi connectivity index (χ1) is 13.3. The van der Waals surface area contributed by atoms with Gasteiger partial charge < -0.3 is 5.32 Å². The van der Waals surface area contributed by atoms with E-state index in [4.69, 9.17) is 0 Å². The van der Waals surface area contributed by atoms with Crippen molar-refractivity contribution in [1.82, 2.24) is 15.3 Å². The van der Waals surface area contributed by atoms with Crippen LogP contribution in [0.2, 0.25) is 0 Å². The zero-order valence-electron chi connectivity index (χ0n) is 14.4. The lowest BCUT2D eigenvalue weighted by Gasteiger charge is -2.19. The number of carbonyl (C=O) groups is 1. The second-order valence-corrected chi connectivity index (χ2v) is 6.02. The first kappa shape index (κ1) is 19.5. The minimum Gasteiger partial charge on any atom is -0.351 e. The van der Waals surface area contributed by atoms with Crippen LogP contribution in [0.5, 0.6) is 0 Å². The number of hydrogen-bond acceptors (Lipinski definition) is 3. The number of hydrogen-bond donors (Lipinski definition) is 1. The van der Waals surface area contributed by atoms with Crippen molar-refractivity contribution in [3.8, 4) is 0 Å². The summed E-state index contributed by atoms with van der Waals surface area (Å²) >= 11 is 0. The van der Waals surface area contributed by atoms with E-state index < -0.39 is 23.7 Å². The predicted molar refractivity (Wildman–Crippen MR) is 94.1 cm³/mol. The molecular weight excluding hydrogens is 374 g/mol. The maximum absolute atomic E-state index is 13.3. The standard InChI is InChI=1S/C20H15F4N3O/c21-16-8-6-13(7-9-16)17(12-25-18(28)14-4-2-1-3-5-14)15-10-26-19(27-11-15)20(22,23)24/h1-11,17H,12H2,(H,25,28). The van der Waals surface area contributed by atoms with Gasteiger partial charge in [-0.1, -0.05) is 30.3 Å². The van der Waals surface area contributed by atoms with Crippen LogP contribution in [0.4, 0.5) is 17.6 Å². The fourth-order valence-corrected chi connectivity index (χ4v) is 2.67. The average molecular weight is 389 g/mol. The molecule has 3 rings (SSSR count). The normalized spacial score (nSPS) is 12.4. The number of aromatic nitrogens is 2. The Morgan fingerprint density at radius 1 is 0.929 bits per heavy atom. The highest BCUT2D eigenvalue weighted by Crippen LogP contribution is 2.28. The van der Waals surface area contributed by atoms with Gasteiger partial charge >= 0.3 is 6.18 Å². The van der Waals surface area contributed by atoms with Crippen LogP contribution in [0.25, 0.3) is 0 Å². The molecule has 28 heavy (non-hydrogen) atoms. The Balaban J connectivity index is 1.85. The molecule has 144 valence electrons. The Morgan fingerprint density at radius 2 is 1.54 bits per heavy atom. The maximum Gasteiger partial charge on any atom is 0.451 e. The van der Waals surface area contributed by atoms with Crippen LogP contribution in [0.1, 0.15) is 33.2 Å². The molecule has 1 amide bonds. The number of nitrogens with zero attached hydrogens (tertiary/aromatic N) is 2. The molecule has 0 aliphatic carbocycles. The van der Waals surface area contributed by atoms with Crippen LogP contribution in [0, 0.1) is 5.82 Å². The molecule has 0 saturated heterocycles. The molecule has 0 saturated carbocycles. The Hall–Kier alpha value is -3.29. The number of amides is 1. The molecule has 0 aliphatic rings. The van der Waals surface area contributed by atoms with E-state index in [0.717, 1.165) is 12.4 Å². The van der Waals surface area contributed by atoms with E-state index in [0.29, 0.717) is 16.7 Å². The van der Waals surface area contributed by atoms with Gasteiger partial charge in [0.15, 0.2) is 0 Å². The van der Waals surface area contributed by atoms with Gasteiger partial charge in [-0.05, 0) is 35.4 Å². The largest absolute Gasteiger partial charge is 0.451 e. The maximum atomic E-state index is 13.3. The second kappa shape index (κ2) is 8.16. The van der Waals surface area contributed by atoms with Crippen LogP contribution in [-0.2, 0) is 6.18 Å². The Kier molecular flexibility index (Phi) is 5.67. The Labute approximate surface area is 158 Å². The molecule has 3 aromatic rings. The highest BCUT2D eigenvalue weighted by atomic mass is 19.4. The van der Waals surface area contributed by atoms with Crippen molar-refractivity contribution in [3.05, 3.63) is 95.3 Å². The van der Waals surface area contributed by atoms with Crippen molar-refractivity contribution in [2.24, 2.45) is 0 Å². The summed E-state index contributed by atoms with van der Waals surface area (Å²) in [6.45, 7) is 0.0775. The third kappa shape index (κ3) is 4.70. The van der Waals surface area contributed by atoms with Crippen molar-refractivity contribution >= 4 is 5.91 Å². The molecule has 1 heterocycles. The topological polar surface area (TPSA) is 54.9 Å². The molecule has 1 atom stereocenters. The predicted octanol–water partition coefficient (Wildman–Crippen LogP) is 4.20. The number of rotatable bonds is 5. The Bertz CT molecular complexity index is 926. The summed E-state index contributed by atoms with van der Waals surface area (Å²) in [4.78, 5) is 19.1. The lowest BCUT2D eigenvalue weighted by molar-refractivity contribution is -0.145. The van der Waals surface area contributed by atoms with Crippen molar-refractivity contribution in [2.75, 3.05) is 6.54 Å². The zero-order chi connectivity index (χ0) is 20.1. The molecule has 2 aromatic carbocycles. The third-order valence-electron chi connectivity index (χ3n) is 4.10. The molecule has 0 aliphatic heterocycles. The number of halogens is 4. The molecule has 0 bridgehead atoms. The van der Waals surface area contributed by atoms with E-state index in [1.54, 1.807) is 30.3 Å². The fraction of sp³-hybridized carbons (Fsp3) is 0.150. The van der Waals surface area contributed by atoms with E-state index >= 15 is 0 Å². The van der Waals surface area contributed by atoms with Gasteiger partial charge in [-0.2, -0.15) is 13.2 Å². The minimum atomic E-state index is -4.65. The molecule has 0 radical (unpaired) electrons. The van der Waals surface area contributed by atoms with Gasteiger partial charge in [-0.3, -0.25) is 4.79 Å². The minimum absolute atomic E-state index is 0.0775. The first-order valence-corrected chi connectivity index (χ1v) is 8.32. The molecule has 1 aromatic heterocycles. The highest BCUT2D eigenvalue weighted by molar-refractivity contribution is 5.94. The molecule has 0 spiro atoms.